The fraction of sp³-hybridized carbons (Fsp3) is 0.737. The van der Waals surface area contributed by atoms with Crippen LogP contribution in [-0.2, 0) is 24.0 Å². The molecule has 0 aromatic carbocycles. The Hall–Kier alpha value is -1.99. The van der Waals surface area contributed by atoms with E-state index >= 15 is 0 Å². The van der Waals surface area contributed by atoms with E-state index in [1.54, 1.807) is 6.26 Å². The first kappa shape index (κ1) is 30.0. The van der Waals surface area contributed by atoms with Gasteiger partial charge >= 0.3 is 5.97 Å². The first-order valence-electron chi connectivity index (χ1n) is 10.2. The largest absolute Gasteiger partial charge is 0.480 e. The van der Waals surface area contributed by atoms with Crippen LogP contribution in [0.5, 0.6) is 0 Å². The highest BCUT2D eigenvalue weighted by Gasteiger charge is 2.30. The summed E-state index contributed by atoms with van der Waals surface area (Å²) in [5, 5.41) is 16.6. The van der Waals surface area contributed by atoms with Gasteiger partial charge in [0.25, 0.3) is 0 Å². The van der Waals surface area contributed by atoms with Crippen LogP contribution in [0.4, 0.5) is 0 Å². The van der Waals surface area contributed by atoms with Crippen LogP contribution in [0.15, 0.2) is 0 Å². The molecule has 0 saturated carbocycles. The van der Waals surface area contributed by atoms with Crippen molar-refractivity contribution in [3.8, 4) is 0 Å². The summed E-state index contributed by atoms with van der Waals surface area (Å²) in [6, 6.07) is -4.28. The lowest BCUT2D eigenvalue weighted by Crippen LogP contribution is -2.57. The minimum Gasteiger partial charge on any atom is -0.480 e. The van der Waals surface area contributed by atoms with Crippen LogP contribution in [0.25, 0.3) is 0 Å². The maximum Gasteiger partial charge on any atom is 0.326 e. The molecular formula is C19H35N5O6S2. The van der Waals surface area contributed by atoms with Crippen LogP contribution in [0, 0.1) is 5.92 Å². The van der Waals surface area contributed by atoms with Crippen molar-refractivity contribution in [2.24, 2.45) is 17.4 Å². The summed E-state index contributed by atoms with van der Waals surface area (Å²) in [6.07, 6.45) is 2.06. The monoisotopic (exact) mass is 493 g/mol. The van der Waals surface area contributed by atoms with Crippen LogP contribution >= 0.6 is 24.4 Å². The van der Waals surface area contributed by atoms with E-state index in [9.17, 15) is 29.1 Å². The SMILES string of the molecule is CSCCC(NC(=O)C(CCC(N)=O)NC(=O)C(CS)NC(=O)C(N)CC(C)C)C(=O)O. The van der Waals surface area contributed by atoms with Gasteiger partial charge in [0.1, 0.15) is 18.1 Å². The molecule has 0 aromatic rings. The Morgan fingerprint density at radius 1 is 0.938 bits per heavy atom. The van der Waals surface area contributed by atoms with Gasteiger partial charge in [-0.25, -0.2) is 4.79 Å². The van der Waals surface area contributed by atoms with E-state index in [-0.39, 0.29) is 30.9 Å². The molecule has 0 aliphatic rings. The Kier molecular flexibility index (Phi) is 14.8. The molecule has 0 fully saturated rings. The molecular weight excluding hydrogens is 458 g/mol. The van der Waals surface area contributed by atoms with Crippen LogP contribution in [0.3, 0.4) is 0 Å². The number of amides is 4. The zero-order chi connectivity index (χ0) is 24.8. The molecule has 0 aliphatic carbocycles. The van der Waals surface area contributed by atoms with Gasteiger partial charge in [-0.05, 0) is 37.2 Å². The predicted octanol–water partition coefficient (Wildman–Crippen LogP) is -1.15. The van der Waals surface area contributed by atoms with E-state index in [1.165, 1.54) is 11.8 Å². The summed E-state index contributed by atoms with van der Waals surface area (Å²) in [5.74, 6) is -3.32. The molecule has 184 valence electrons. The van der Waals surface area contributed by atoms with Crippen molar-refractivity contribution < 1.29 is 29.1 Å². The maximum absolute atomic E-state index is 12.7. The number of hydrogen-bond donors (Lipinski definition) is 7. The second kappa shape index (κ2) is 15.8. The van der Waals surface area contributed by atoms with E-state index < -0.39 is 53.8 Å². The summed E-state index contributed by atoms with van der Waals surface area (Å²) < 4.78 is 0. The number of carboxylic acids is 1. The van der Waals surface area contributed by atoms with Crippen molar-refractivity contribution >= 4 is 54.0 Å². The molecule has 0 aliphatic heterocycles. The molecule has 4 amide bonds. The number of nitrogens with two attached hydrogens (primary N) is 2. The molecule has 0 spiro atoms. The molecule has 11 nitrogen and oxygen atoms in total. The van der Waals surface area contributed by atoms with E-state index in [1.807, 2.05) is 13.8 Å². The van der Waals surface area contributed by atoms with Crippen LogP contribution < -0.4 is 27.4 Å². The topological polar surface area (TPSA) is 194 Å². The Morgan fingerprint density at radius 3 is 1.94 bits per heavy atom. The quantitative estimate of drug-likeness (QED) is 0.131. The van der Waals surface area contributed by atoms with Crippen molar-refractivity contribution in [3.05, 3.63) is 0 Å². The van der Waals surface area contributed by atoms with Crippen LogP contribution in [0.1, 0.15) is 39.5 Å². The molecule has 0 saturated heterocycles. The van der Waals surface area contributed by atoms with Crippen molar-refractivity contribution in [2.45, 2.75) is 63.7 Å². The van der Waals surface area contributed by atoms with Gasteiger partial charge in [0.05, 0.1) is 6.04 Å². The Labute approximate surface area is 198 Å². The third-order valence-electron chi connectivity index (χ3n) is 4.42. The Balaban J connectivity index is 5.28. The normalized spacial score (nSPS) is 14.7. The smallest absolute Gasteiger partial charge is 0.326 e. The lowest BCUT2D eigenvalue weighted by molar-refractivity contribution is -0.142. The predicted molar refractivity (Wildman–Crippen MR) is 126 cm³/mol. The molecule has 32 heavy (non-hydrogen) atoms. The molecule has 4 unspecified atom stereocenters. The highest BCUT2D eigenvalue weighted by atomic mass is 32.2. The molecule has 0 heterocycles. The van der Waals surface area contributed by atoms with Gasteiger partial charge in [0.2, 0.25) is 23.6 Å². The minimum absolute atomic E-state index is 0.0679. The second-order valence-electron chi connectivity index (χ2n) is 7.73. The van der Waals surface area contributed by atoms with Gasteiger partial charge in [0, 0.05) is 12.2 Å². The Morgan fingerprint density at radius 2 is 1.47 bits per heavy atom. The second-order valence-corrected chi connectivity index (χ2v) is 9.08. The lowest BCUT2D eigenvalue weighted by atomic mass is 10.0. The van der Waals surface area contributed by atoms with E-state index in [2.05, 4.69) is 28.6 Å². The fourth-order valence-electron chi connectivity index (χ4n) is 2.68. The molecule has 13 heteroatoms. The van der Waals surface area contributed by atoms with Crippen LogP contribution in [0.2, 0.25) is 0 Å². The van der Waals surface area contributed by atoms with E-state index in [0.717, 1.165) is 0 Å². The number of thiol groups is 1. The molecule has 0 rings (SSSR count). The average Bonchev–Trinajstić information content (AvgIpc) is 2.70. The van der Waals surface area contributed by atoms with Crippen LogP contribution in [-0.4, -0.2) is 76.6 Å². The summed E-state index contributed by atoms with van der Waals surface area (Å²) in [7, 11) is 0. The fourth-order valence-corrected chi connectivity index (χ4v) is 3.41. The number of nitrogens with one attached hydrogen (secondary N) is 3. The zero-order valence-electron chi connectivity index (χ0n) is 18.6. The molecule has 0 bridgehead atoms. The van der Waals surface area contributed by atoms with Crippen molar-refractivity contribution in [1.82, 2.24) is 16.0 Å². The number of rotatable bonds is 16. The summed E-state index contributed by atoms with van der Waals surface area (Å²) in [5.41, 5.74) is 11.0. The summed E-state index contributed by atoms with van der Waals surface area (Å²) in [6.45, 7) is 3.81. The standard InChI is InChI=1S/C19H35N5O6S2/c1-10(2)8-11(20)16(26)24-14(9-31)18(28)22-12(4-5-15(21)25)17(27)23-13(19(29)30)6-7-32-3/h10-14,31H,4-9,20H2,1-3H3,(H2,21,25)(H,22,28)(H,23,27)(H,24,26)(H,29,30). The number of carbonyl (C=O) groups is 5. The van der Waals surface area contributed by atoms with Gasteiger partial charge in [-0.1, -0.05) is 13.8 Å². The van der Waals surface area contributed by atoms with E-state index in [4.69, 9.17) is 11.5 Å². The molecule has 4 atom stereocenters. The first-order valence-corrected chi connectivity index (χ1v) is 12.2. The number of hydrogen-bond acceptors (Lipinski definition) is 8. The Bertz CT molecular complexity index is 664. The van der Waals surface area contributed by atoms with Gasteiger partial charge < -0.3 is 32.5 Å². The van der Waals surface area contributed by atoms with Crippen molar-refractivity contribution in [3.63, 3.8) is 0 Å². The van der Waals surface area contributed by atoms with E-state index in [0.29, 0.717) is 12.2 Å². The zero-order valence-corrected chi connectivity index (χ0v) is 20.3. The van der Waals surface area contributed by atoms with Gasteiger partial charge in [-0.2, -0.15) is 24.4 Å². The highest BCUT2D eigenvalue weighted by molar-refractivity contribution is 7.98. The summed E-state index contributed by atoms with van der Waals surface area (Å²) in [4.78, 5) is 60.2. The number of primary amides is 1. The molecule has 8 N–H and O–H groups in total. The number of aliphatic carboxylic acids is 1. The highest BCUT2D eigenvalue weighted by Crippen LogP contribution is 2.06. The number of thioether (sulfide) groups is 1. The molecule has 0 aromatic heterocycles. The average molecular weight is 494 g/mol. The number of carbonyl (C=O) groups excluding carboxylic acids is 4. The molecule has 0 radical (unpaired) electrons. The van der Waals surface area contributed by atoms with Gasteiger partial charge in [-0.3, -0.25) is 19.2 Å². The summed E-state index contributed by atoms with van der Waals surface area (Å²) >= 11 is 5.50. The maximum atomic E-state index is 12.7. The van der Waals surface area contributed by atoms with Gasteiger partial charge in [-0.15, -0.1) is 0 Å². The number of carboxylic acid groups (broad SMARTS) is 1. The third-order valence-corrected chi connectivity index (χ3v) is 5.42. The van der Waals surface area contributed by atoms with Gasteiger partial charge in [0.15, 0.2) is 0 Å². The van der Waals surface area contributed by atoms with Crippen molar-refractivity contribution in [2.75, 3.05) is 17.8 Å². The lowest BCUT2D eigenvalue weighted by Gasteiger charge is -2.24. The van der Waals surface area contributed by atoms with Crippen molar-refractivity contribution in [1.29, 1.82) is 0 Å². The third kappa shape index (κ3) is 12.2. The minimum atomic E-state index is -1.23. The first-order chi connectivity index (χ1) is 14.9.